The average molecular weight is 413 g/mol. The monoisotopic (exact) mass is 412 g/mol. The fraction of sp³-hybridized carbons (Fsp3) is 0.391. The molecule has 1 heterocycles. The van der Waals surface area contributed by atoms with Crippen LogP contribution in [0.1, 0.15) is 35.3 Å². The zero-order chi connectivity index (χ0) is 21.5. The first kappa shape index (κ1) is 21.6. The highest BCUT2D eigenvalue weighted by atomic mass is 16.5. The van der Waals surface area contributed by atoms with Crippen molar-refractivity contribution in [2.45, 2.75) is 26.8 Å². The molecule has 1 atom stereocenters. The van der Waals surface area contributed by atoms with E-state index in [2.05, 4.69) is 22.8 Å². The molecule has 0 saturated heterocycles. The van der Waals surface area contributed by atoms with Crippen molar-refractivity contribution < 1.29 is 24.0 Å². The van der Waals surface area contributed by atoms with Gasteiger partial charge in [-0.1, -0.05) is 0 Å². The molecule has 7 heteroatoms. The molecule has 2 aromatic carbocycles. The Labute approximate surface area is 177 Å². The SMILES string of the molecule is CCOc1cc2c(cc1OCC)C[NH+](CC(=O)Nc1ccc(C(=O)NC)cc1)CC2. The topological polar surface area (TPSA) is 81.1 Å². The summed E-state index contributed by atoms with van der Waals surface area (Å²) in [7, 11) is 1.59. The molecule has 0 bridgehead atoms. The van der Waals surface area contributed by atoms with Crippen molar-refractivity contribution in [2.24, 2.45) is 0 Å². The number of carbonyl (C=O) groups is 2. The molecule has 0 spiro atoms. The predicted molar refractivity (Wildman–Crippen MR) is 115 cm³/mol. The Morgan fingerprint density at radius 1 is 1.00 bits per heavy atom. The molecule has 3 rings (SSSR count). The first-order valence-corrected chi connectivity index (χ1v) is 10.4. The predicted octanol–water partition coefficient (Wildman–Crippen LogP) is 1.42. The van der Waals surface area contributed by atoms with Gasteiger partial charge in [0.2, 0.25) is 0 Å². The average Bonchev–Trinajstić information content (AvgIpc) is 2.74. The zero-order valence-corrected chi connectivity index (χ0v) is 17.8. The van der Waals surface area contributed by atoms with Crippen LogP contribution < -0.4 is 25.0 Å². The minimum atomic E-state index is -0.150. The molecule has 30 heavy (non-hydrogen) atoms. The number of rotatable bonds is 8. The van der Waals surface area contributed by atoms with Gasteiger partial charge in [0.25, 0.3) is 11.8 Å². The smallest absolute Gasteiger partial charge is 0.279 e. The summed E-state index contributed by atoms with van der Waals surface area (Å²) in [5, 5.41) is 5.50. The number of quaternary nitrogens is 1. The fourth-order valence-electron chi connectivity index (χ4n) is 3.68. The van der Waals surface area contributed by atoms with Crippen molar-refractivity contribution in [2.75, 3.05) is 38.7 Å². The second kappa shape index (κ2) is 10.1. The minimum absolute atomic E-state index is 0.0443. The Balaban J connectivity index is 1.62. The van der Waals surface area contributed by atoms with Gasteiger partial charge in [0.1, 0.15) is 6.54 Å². The van der Waals surface area contributed by atoms with Crippen LogP contribution in [-0.2, 0) is 17.8 Å². The largest absolute Gasteiger partial charge is 0.490 e. The van der Waals surface area contributed by atoms with Crippen LogP contribution in [0.25, 0.3) is 0 Å². The Kier molecular flexibility index (Phi) is 7.30. The number of benzene rings is 2. The van der Waals surface area contributed by atoms with Crippen LogP contribution in [-0.4, -0.2) is 45.2 Å². The Hall–Kier alpha value is -3.06. The summed E-state index contributed by atoms with van der Waals surface area (Å²) in [6.07, 6.45) is 0.894. The first-order valence-electron chi connectivity index (χ1n) is 10.4. The van der Waals surface area contributed by atoms with Crippen LogP contribution in [0.4, 0.5) is 5.69 Å². The van der Waals surface area contributed by atoms with Gasteiger partial charge in [0.15, 0.2) is 18.0 Å². The van der Waals surface area contributed by atoms with E-state index in [1.807, 2.05) is 13.8 Å². The molecule has 2 amide bonds. The van der Waals surface area contributed by atoms with E-state index in [0.717, 1.165) is 31.0 Å². The Bertz CT molecular complexity index is 896. The number of fused-ring (bicyclic) bond motifs is 1. The standard InChI is InChI=1S/C23H29N3O4/c1-4-29-20-12-17-10-11-26(14-18(17)13-21(20)30-5-2)15-22(27)25-19-8-6-16(7-9-19)23(28)24-3/h6-9,12-13H,4-5,10-11,14-15H2,1-3H3,(H,24,28)(H,25,27)/p+1. The lowest BCUT2D eigenvalue weighted by atomic mass is 9.98. The van der Waals surface area contributed by atoms with E-state index in [1.165, 1.54) is 16.0 Å². The third-order valence-corrected chi connectivity index (χ3v) is 5.12. The lowest BCUT2D eigenvalue weighted by Gasteiger charge is -2.26. The van der Waals surface area contributed by atoms with Gasteiger partial charge in [-0.05, 0) is 55.8 Å². The molecule has 1 aliphatic heterocycles. The maximum absolute atomic E-state index is 12.5. The van der Waals surface area contributed by atoms with Crippen molar-refractivity contribution in [3.05, 3.63) is 53.1 Å². The van der Waals surface area contributed by atoms with Crippen LogP contribution in [0.2, 0.25) is 0 Å². The van der Waals surface area contributed by atoms with Gasteiger partial charge in [0, 0.05) is 30.3 Å². The number of hydrogen-bond acceptors (Lipinski definition) is 4. The number of nitrogens with one attached hydrogen (secondary N) is 3. The van der Waals surface area contributed by atoms with E-state index >= 15 is 0 Å². The quantitative estimate of drug-likeness (QED) is 0.613. The molecule has 0 aliphatic carbocycles. The van der Waals surface area contributed by atoms with Crippen LogP contribution in [0, 0.1) is 0 Å². The normalized spacial score (nSPS) is 15.1. The molecular formula is C23H30N3O4+. The molecule has 0 saturated carbocycles. The number of anilines is 1. The van der Waals surface area contributed by atoms with Gasteiger partial charge < -0.3 is 25.0 Å². The van der Waals surface area contributed by atoms with Crippen molar-refractivity contribution in [1.29, 1.82) is 0 Å². The molecule has 3 N–H and O–H groups in total. The summed E-state index contributed by atoms with van der Waals surface area (Å²) in [4.78, 5) is 25.3. The van der Waals surface area contributed by atoms with Crippen LogP contribution >= 0.6 is 0 Å². The van der Waals surface area contributed by atoms with Crippen molar-refractivity contribution in [3.63, 3.8) is 0 Å². The van der Waals surface area contributed by atoms with Crippen molar-refractivity contribution in [3.8, 4) is 11.5 Å². The summed E-state index contributed by atoms with van der Waals surface area (Å²) >= 11 is 0. The third kappa shape index (κ3) is 5.30. The van der Waals surface area contributed by atoms with E-state index in [0.29, 0.717) is 31.0 Å². The van der Waals surface area contributed by atoms with Crippen LogP contribution in [0.5, 0.6) is 11.5 Å². The molecule has 0 aromatic heterocycles. The van der Waals surface area contributed by atoms with E-state index in [-0.39, 0.29) is 11.8 Å². The van der Waals surface area contributed by atoms with Gasteiger partial charge >= 0.3 is 0 Å². The lowest BCUT2D eigenvalue weighted by Crippen LogP contribution is -3.12. The fourth-order valence-corrected chi connectivity index (χ4v) is 3.68. The summed E-state index contributed by atoms with van der Waals surface area (Å²) in [5.41, 5.74) is 3.71. The van der Waals surface area contributed by atoms with Crippen LogP contribution in [0.15, 0.2) is 36.4 Å². The summed E-state index contributed by atoms with van der Waals surface area (Å²) < 4.78 is 11.5. The van der Waals surface area contributed by atoms with E-state index < -0.39 is 0 Å². The summed E-state index contributed by atoms with van der Waals surface area (Å²) in [6, 6.07) is 11.0. The number of hydrogen-bond donors (Lipinski definition) is 3. The number of carbonyl (C=O) groups excluding carboxylic acids is 2. The molecule has 1 unspecified atom stereocenters. The number of amides is 2. The van der Waals surface area contributed by atoms with E-state index in [1.54, 1.807) is 31.3 Å². The Morgan fingerprint density at radius 3 is 2.23 bits per heavy atom. The molecule has 0 radical (unpaired) electrons. The van der Waals surface area contributed by atoms with Gasteiger partial charge in [-0.25, -0.2) is 0 Å². The summed E-state index contributed by atoms with van der Waals surface area (Å²) in [6.45, 7) is 7.13. The molecule has 0 fully saturated rings. The maximum atomic E-state index is 12.5. The second-order valence-corrected chi connectivity index (χ2v) is 7.24. The van der Waals surface area contributed by atoms with E-state index in [9.17, 15) is 9.59 Å². The molecule has 1 aliphatic rings. The second-order valence-electron chi connectivity index (χ2n) is 7.24. The van der Waals surface area contributed by atoms with E-state index in [4.69, 9.17) is 9.47 Å². The Morgan fingerprint density at radius 2 is 1.63 bits per heavy atom. The zero-order valence-electron chi connectivity index (χ0n) is 17.8. The summed E-state index contributed by atoms with van der Waals surface area (Å²) in [5.74, 6) is 1.36. The highest BCUT2D eigenvalue weighted by molar-refractivity contribution is 5.95. The maximum Gasteiger partial charge on any atom is 0.279 e. The highest BCUT2D eigenvalue weighted by Gasteiger charge is 2.24. The third-order valence-electron chi connectivity index (χ3n) is 5.12. The van der Waals surface area contributed by atoms with Crippen molar-refractivity contribution >= 4 is 17.5 Å². The molecule has 2 aromatic rings. The van der Waals surface area contributed by atoms with Crippen molar-refractivity contribution in [1.82, 2.24) is 5.32 Å². The highest BCUT2D eigenvalue weighted by Crippen LogP contribution is 2.32. The van der Waals surface area contributed by atoms with Gasteiger partial charge in [-0.2, -0.15) is 0 Å². The first-order chi connectivity index (χ1) is 14.5. The van der Waals surface area contributed by atoms with Gasteiger partial charge in [-0.3, -0.25) is 9.59 Å². The van der Waals surface area contributed by atoms with Gasteiger partial charge in [-0.15, -0.1) is 0 Å². The molecule has 160 valence electrons. The van der Waals surface area contributed by atoms with Crippen LogP contribution in [0.3, 0.4) is 0 Å². The lowest BCUT2D eigenvalue weighted by molar-refractivity contribution is -0.907. The minimum Gasteiger partial charge on any atom is -0.490 e. The number of ether oxygens (including phenoxy) is 2. The van der Waals surface area contributed by atoms with Gasteiger partial charge in [0.05, 0.1) is 19.8 Å². The molecule has 7 nitrogen and oxygen atoms in total. The molecular weight excluding hydrogens is 382 g/mol.